The molecule has 0 atom stereocenters. The average molecular weight is 257 g/mol. The second-order valence-corrected chi connectivity index (χ2v) is 5.77. The van der Waals surface area contributed by atoms with Gasteiger partial charge in [-0.3, -0.25) is 4.79 Å². The molecule has 0 aromatic carbocycles. The summed E-state index contributed by atoms with van der Waals surface area (Å²) >= 11 is 0. The monoisotopic (exact) mass is 257 g/mol. The van der Waals surface area contributed by atoms with Gasteiger partial charge in [-0.1, -0.05) is 45.4 Å². The fourth-order valence-corrected chi connectivity index (χ4v) is 1.98. The van der Waals surface area contributed by atoms with Crippen LogP contribution in [0.3, 0.4) is 0 Å². The minimum atomic E-state index is -0.675. The molecule has 0 unspecified atom stereocenters. The Morgan fingerprint density at radius 3 is 2.00 bits per heavy atom. The lowest BCUT2D eigenvalue weighted by atomic mass is 9.87. The van der Waals surface area contributed by atoms with Crippen LogP contribution in [0, 0.1) is 5.41 Å². The first-order chi connectivity index (χ1) is 8.50. The lowest BCUT2D eigenvalue weighted by Gasteiger charge is -2.18. The van der Waals surface area contributed by atoms with Gasteiger partial charge in [0.15, 0.2) is 0 Å². The molecule has 0 amide bonds. The zero-order chi connectivity index (χ0) is 13.9. The summed E-state index contributed by atoms with van der Waals surface area (Å²) in [5.74, 6) is -0.675. The van der Waals surface area contributed by atoms with Crippen molar-refractivity contribution in [2.24, 2.45) is 5.41 Å². The van der Waals surface area contributed by atoms with Crippen LogP contribution >= 0.6 is 0 Å². The van der Waals surface area contributed by atoms with E-state index in [2.05, 4.69) is 12.2 Å². The third kappa shape index (κ3) is 9.46. The minimum Gasteiger partial charge on any atom is -0.481 e. The van der Waals surface area contributed by atoms with Gasteiger partial charge < -0.3 is 10.4 Å². The van der Waals surface area contributed by atoms with E-state index < -0.39 is 11.4 Å². The third-order valence-corrected chi connectivity index (χ3v) is 3.48. The van der Waals surface area contributed by atoms with E-state index in [1.54, 1.807) is 0 Å². The number of carboxylic acids is 1. The highest BCUT2D eigenvalue weighted by Gasteiger charge is 2.25. The molecule has 0 aliphatic heterocycles. The van der Waals surface area contributed by atoms with Gasteiger partial charge in [-0.05, 0) is 39.8 Å². The summed E-state index contributed by atoms with van der Waals surface area (Å²) in [6.07, 6.45) is 9.45. The van der Waals surface area contributed by atoms with Crippen LogP contribution < -0.4 is 5.32 Å². The topological polar surface area (TPSA) is 49.3 Å². The number of hydrogen-bond donors (Lipinski definition) is 2. The number of nitrogens with one attached hydrogen (secondary N) is 1. The minimum absolute atomic E-state index is 0.550. The molecule has 0 rings (SSSR count). The maximum atomic E-state index is 10.9. The van der Waals surface area contributed by atoms with Crippen molar-refractivity contribution >= 4 is 5.97 Å². The van der Waals surface area contributed by atoms with Crippen LogP contribution in [0.4, 0.5) is 0 Å². The maximum absolute atomic E-state index is 10.9. The van der Waals surface area contributed by atoms with Gasteiger partial charge in [0, 0.05) is 0 Å². The van der Waals surface area contributed by atoms with Gasteiger partial charge in [0.2, 0.25) is 0 Å². The van der Waals surface area contributed by atoms with Crippen LogP contribution in [0.5, 0.6) is 0 Å². The number of hydrogen-bond acceptors (Lipinski definition) is 2. The van der Waals surface area contributed by atoms with Crippen LogP contribution in [-0.2, 0) is 4.79 Å². The summed E-state index contributed by atoms with van der Waals surface area (Å²) in [6, 6.07) is 0. The zero-order valence-electron chi connectivity index (χ0n) is 12.4. The Morgan fingerprint density at radius 1 is 1.00 bits per heavy atom. The van der Waals surface area contributed by atoms with Gasteiger partial charge in [-0.15, -0.1) is 0 Å². The highest BCUT2D eigenvalue weighted by molar-refractivity contribution is 5.73. The Hall–Kier alpha value is -0.570. The van der Waals surface area contributed by atoms with E-state index in [0.717, 1.165) is 25.9 Å². The molecule has 3 nitrogen and oxygen atoms in total. The van der Waals surface area contributed by atoms with Crippen LogP contribution in [-0.4, -0.2) is 24.2 Å². The quantitative estimate of drug-likeness (QED) is 0.522. The molecule has 0 aliphatic carbocycles. The summed E-state index contributed by atoms with van der Waals surface area (Å²) in [5.41, 5.74) is -0.550. The van der Waals surface area contributed by atoms with E-state index in [0.29, 0.717) is 0 Å². The van der Waals surface area contributed by atoms with Crippen molar-refractivity contribution in [2.75, 3.05) is 13.1 Å². The SMILES string of the molecule is CCNCCCCCCCCCC(C)(C)C(=O)O. The molecule has 0 spiro atoms. The summed E-state index contributed by atoms with van der Waals surface area (Å²) < 4.78 is 0. The Labute approximate surface area is 112 Å². The number of carboxylic acid groups (broad SMARTS) is 1. The average Bonchev–Trinajstić information content (AvgIpc) is 2.31. The number of carbonyl (C=O) groups is 1. The van der Waals surface area contributed by atoms with Gasteiger partial charge in [0.1, 0.15) is 0 Å². The normalized spacial score (nSPS) is 11.7. The van der Waals surface area contributed by atoms with Crippen molar-refractivity contribution in [1.29, 1.82) is 0 Å². The number of aliphatic carboxylic acids is 1. The van der Waals surface area contributed by atoms with Crippen LogP contribution in [0.1, 0.15) is 72.1 Å². The highest BCUT2D eigenvalue weighted by Crippen LogP contribution is 2.24. The van der Waals surface area contributed by atoms with E-state index in [1.807, 2.05) is 13.8 Å². The van der Waals surface area contributed by atoms with Gasteiger partial charge in [0.25, 0.3) is 0 Å². The second-order valence-electron chi connectivity index (χ2n) is 5.77. The van der Waals surface area contributed by atoms with Gasteiger partial charge in [-0.2, -0.15) is 0 Å². The fourth-order valence-electron chi connectivity index (χ4n) is 1.98. The Kier molecular flexibility index (Phi) is 10.0. The summed E-state index contributed by atoms with van der Waals surface area (Å²) in [4.78, 5) is 10.9. The Morgan fingerprint density at radius 2 is 1.50 bits per heavy atom. The molecule has 0 saturated heterocycles. The van der Waals surface area contributed by atoms with Gasteiger partial charge in [0.05, 0.1) is 5.41 Å². The lowest BCUT2D eigenvalue weighted by Crippen LogP contribution is -2.23. The first kappa shape index (κ1) is 17.4. The van der Waals surface area contributed by atoms with E-state index in [1.165, 1.54) is 38.5 Å². The van der Waals surface area contributed by atoms with Crippen LogP contribution in [0.25, 0.3) is 0 Å². The van der Waals surface area contributed by atoms with E-state index in [-0.39, 0.29) is 0 Å². The summed E-state index contributed by atoms with van der Waals surface area (Å²) in [5, 5.41) is 12.3. The number of rotatable bonds is 12. The molecule has 0 aliphatic rings. The third-order valence-electron chi connectivity index (χ3n) is 3.48. The molecule has 18 heavy (non-hydrogen) atoms. The smallest absolute Gasteiger partial charge is 0.309 e. The van der Waals surface area contributed by atoms with E-state index >= 15 is 0 Å². The van der Waals surface area contributed by atoms with Crippen molar-refractivity contribution in [2.45, 2.75) is 72.1 Å². The fraction of sp³-hybridized carbons (Fsp3) is 0.933. The lowest BCUT2D eigenvalue weighted by molar-refractivity contribution is -0.147. The van der Waals surface area contributed by atoms with Crippen LogP contribution in [0.15, 0.2) is 0 Å². The maximum Gasteiger partial charge on any atom is 0.309 e. The van der Waals surface area contributed by atoms with Crippen molar-refractivity contribution in [3.63, 3.8) is 0 Å². The largest absolute Gasteiger partial charge is 0.481 e. The van der Waals surface area contributed by atoms with Crippen LogP contribution in [0.2, 0.25) is 0 Å². The van der Waals surface area contributed by atoms with Gasteiger partial charge >= 0.3 is 5.97 Å². The first-order valence-corrected chi connectivity index (χ1v) is 7.45. The Balaban J connectivity index is 3.24. The molecule has 0 aromatic heterocycles. The zero-order valence-corrected chi connectivity index (χ0v) is 12.4. The van der Waals surface area contributed by atoms with Gasteiger partial charge in [-0.25, -0.2) is 0 Å². The molecule has 0 bridgehead atoms. The van der Waals surface area contributed by atoms with Crippen molar-refractivity contribution < 1.29 is 9.90 Å². The molecule has 0 saturated carbocycles. The van der Waals surface area contributed by atoms with Crippen molar-refractivity contribution in [3.8, 4) is 0 Å². The van der Waals surface area contributed by atoms with E-state index in [9.17, 15) is 4.79 Å². The molecule has 108 valence electrons. The Bertz CT molecular complexity index is 215. The highest BCUT2D eigenvalue weighted by atomic mass is 16.4. The van der Waals surface area contributed by atoms with Crippen molar-refractivity contribution in [1.82, 2.24) is 5.32 Å². The molecular weight excluding hydrogens is 226 g/mol. The number of unbranched alkanes of at least 4 members (excludes halogenated alkanes) is 6. The molecule has 3 heteroatoms. The second kappa shape index (κ2) is 10.4. The predicted octanol–water partition coefficient (Wildman–Crippen LogP) is 3.83. The first-order valence-electron chi connectivity index (χ1n) is 7.45. The molecular formula is C15H31NO2. The summed E-state index contributed by atoms with van der Waals surface area (Å²) in [6.45, 7) is 7.98. The standard InChI is InChI=1S/C15H31NO2/c1-4-16-13-11-9-7-5-6-8-10-12-15(2,3)14(17)18/h16H,4-13H2,1-3H3,(H,17,18). The molecule has 0 heterocycles. The molecule has 0 aromatic rings. The van der Waals surface area contributed by atoms with Crippen molar-refractivity contribution in [3.05, 3.63) is 0 Å². The molecule has 0 radical (unpaired) electrons. The summed E-state index contributed by atoms with van der Waals surface area (Å²) in [7, 11) is 0. The molecule has 2 N–H and O–H groups in total. The van der Waals surface area contributed by atoms with E-state index in [4.69, 9.17) is 5.11 Å². The predicted molar refractivity (Wildman–Crippen MR) is 76.9 cm³/mol. The molecule has 0 fully saturated rings.